The number of rotatable bonds is 5. The largest absolute Gasteiger partial charge is 0.468 e. The van der Waals surface area contributed by atoms with Crippen LogP contribution in [-0.4, -0.2) is 34.6 Å². The second kappa shape index (κ2) is 4.66. The van der Waals surface area contributed by atoms with E-state index in [4.69, 9.17) is 14.9 Å². The molecule has 1 fully saturated rings. The zero-order chi connectivity index (χ0) is 12.5. The van der Waals surface area contributed by atoms with Gasteiger partial charge in [0.2, 0.25) is 5.89 Å². The highest BCUT2D eigenvalue weighted by atomic mass is 32.2. The number of esters is 1. The lowest BCUT2D eigenvalue weighted by atomic mass is 9.97. The van der Waals surface area contributed by atoms with Gasteiger partial charge in [-0.2, -0.15) is 0 Å². The molecule has 0 aliphatic heterocycles. The summed E-state index contributed by atoms with van der Waals surface area (Å²) in [5, 5.41) is 8.00. The van der Waals surface area contributed by atoms with E-state index in [1.807, 2.05) is 0 Å². The number of nitrogens with zero attached hydrogens (tertiary/aromatic N) is 2. The lowest BCUT2D eigenvalue weighted by Crippen LogP contribution is -2.53. The maximum Gasteiger partial charge on any atom is 0.327 e. The molecule has 1 aromatic rings. The Morgan fingerprint density at radius 3 is 2.82 bits per heavy atom. The molecule has 0 radical (unpaired) electrons. The molecule has 0 amide bonds. The molecule has 6 nitrogen and oxygen atoms in total. The van der Waals surface area contributed by atoms with Crippen molar-refractivity contribution in [3.05, 3.63) is 5.89 Å². The van der Waals surface area contributed by atoms with Crippen LogP contribution in [0.4, 0.5) is 0 Å². The number of carbonyl (C=O) groups is 1. The van der Waals surface area contributed by atoms with Gasteiger partial charge in [-0.05, 0) is 18.8 Å². The Hall–Kier alpha value is -1.08. The van der Waals surface area contributed by atoms with E-state index < -0.39 is 5.54 Å². The fraction of sp³-hybridized carbons (Fsp3) is 0.700. The normalized spacial score (nSPS) is 18.8. The Balaban J connectivity index is 2.01. The van der Waals surface area contributed by atoms with Crippen molar-refractivity contribution in [2.75, 3.05) is 12.9 Å². The maximum atomic E-state index is 11.7. The minimum atomic E-state index is -0.943. The molecule has 2 N–H and O–H groups in total. The Bertz CT molecular complexity index is 419. The molecule has 7 heteroatoms. The maximum absolute atomic E-state index is 11.7. The van der Waals surface area contributed by atoms with Gasteiger partial charge >= 0.3 is 5.97 Å². The fourth-order valence-corrected chi connectivity index (χ4v) is 2.64. The van der Waals surface area contributed by atoms with Crippen LogP contribution >= 0.6 is 11.8 Å². The van der Waals surface area contributed by atoms with E-state index in [1.54, 1.807) is 6.92 Å². The summed E-state index contributed by atoms with van der Waals surface area (Å²) >= 11 is 1.29. The third-order valence-corrected chi connectivity index (χ3v) is 3.85. The summed E-state index contributed by atoms with van der Waals surface area (Å²) in [6.07, 6.45) is 1.93. The average Bonchev–Trinajstić information content (AvgIpc) is 3.09. The molecule has 0 bridgehead atoms. The number of aromatic nitrogens is 2. The van der Waals surface area contributed by atoms with Crippen molar-refractivity contribution in [1.82, 2.24) is 10.2 Å². The Morgan fingerprint density at radius 1 is 1.65 bits per heavy atom. The molecule has 1 aromatic heterocycles. The van der Waals surface area contributed by atoms with Gasteiger partial charge in [0.15, 0.2) is 0 Å². The molecular formula is C10H15N3O3S. The minimum absolute atomic E-state index is 0.200. The highest BCUT2D eigenvalue weighted by molar-refractivity contribution is 7.99. The van der Waals surface area contributed by atoms with Crippen molar-refractivity contribution < 1.29 is 13.9 Å². The molecule has 0 saturated heterocycles. The molecule has 1 saturated carbocycles. The van der Waals surface area contributed by atoms with E-state index in [-0.39, 0.29) is 11.9 Å². The number of aryl methyl sites for hydroxylation is 1. The first-order valence-electron chi connectivity index (χ1n) is 5.36. The van der Waals surface area contributed by atoms with Crippen molar-refractivity contribution >= 4 is 17.7 Å². The van der Waals surface area contributed by atoms with Crippen LogP contribution in [0.5, 0.6) is 0 Å². The standard InChI is InChI=1S/C10H15N3O3S/c1-6-12-13-9(16-6)17-5-10(11,7-3-4-7)8(14)15-2/h7H,3-5,11H2,1-2H3. The summed E-state index contributed by atoms with van der Waals surface area (Å²) in [6.45, 7) is 1.72. The van der Waals surface area contributed by atoms with Crippen LogP contribution < -0.4 is 5.73 Å². The number of nitrogens with two attached hydrogens (primary N) is 1. The predicted molar refractivity (Wildman–Crippen MR) is 61.4 cm³/mol. The second-order valence-electron chi connectivity index (χ2n) is 4.18. The van der Waals surface area contributed by atoms with Gasteiger partial charge in [0.05, 0.1) is 7.11 Å². The Labute approximate surface area is 103 Å². The summed E-state index contributed by atoms with van der Waals surface area (Å²) in [6, 6.07) is 0. The van der Waals surface area contributed by atoms with E-state index in [0.29, 0.717) is 16.9 Å². The number of hydrogen-bond donors (Lipinski definition) is 1. The zero-order valence-corrected chi connectivity index (χ0v) is 10.6. The molecule has 1 atom stereocenters. The van der Waals surface area contributed by atoms with Crippen LogP contribution in [0.15, 0.2) is 9.64 Å². The van der Waals surface area contributed by atoms with Crippen LogP contribution in [-0.2, 0) is 9.53 Å². The van der Waals surface area contributed by atoms with E-state index in [9.17, 15) is 4.79 Å². The first-order valence-corrected chi connectivity index (χ1v) is 6.35. The number of hydrogen-bond acceptors (Lipinski definition) is 7. The van der Waals surface area contributed by atoms with Gasteiger partial charge in [-0.15, -0.1) is 10.2 Å². The Morgan fingerprint density at radius 2 is 2.35 bits per heavy atom. The summed E-state index contributed by atoms with van der Waals surface area (Å²) < 4.78 is 9.99. The predicted octanol–water partition coefficient (Wildman–Crippen LogP) is 0.751. The summed E-state index contributed by atoms with van der Waals surface area (Å²) in [5.41, 5.74) is 5.18. The number of ether oxygens (including phenoxy) is 1. The van der Waals surface area contributed by atoms with Gasteiger partial charge in [-0.25, -0.2) is 0 Å². The second-order valence-corrected chi connectivity index (χ2v) is 5.11. The fourth-order valence-electron chi connectivity index (χ4n) is 1.65. The zero-order valence-electron chi connectivity index (χ0n) is 9.80. The first-order chi connectivity index (χ1) is 8.06. The molecule has 1 aliphatic rings. The minimum Gasteiger partial charge on any atom is -0.468 e. The van der Waals surface area contributed by atoms with Gasteiger partial charge in [-0.1, -0.05) is 11.8 Å². The third kappa shape index (κ3) is 2.61. The molecule has 94 valence electrons. The highest BCUT2D eigenvalue weighted by Crippen LogP contribution is 2.41. The molecule has 2 rings (SSSR count). The molecule has 1 heterocycles. The lowest BCUT2D eigenvalue weighted by Gasteiger charge is -2.25. The van der Waals surface area contributed by atoms with Crippen LogP contribution in [0.1, 0.15) is 18.7 Å². The average molecular weight is 257 g/mol. The van der Waals surface area contributed by atoms with Crippen molar-refractivity contribution in [3.63, 3.8) is 0 Å². The van der Waals surface area contributed by atoms with Crippen LogP contribution in [0.25, 0.3) is 0 Å². The number of thioether (sulfide) groups is 1. The first kappa shape index (κ1) is 12.4. The molecule has 1 unspecified atom stereocenters. The van der Waals surface area contributed by atoms with Crippen LogP contribution in [0.2, 0.25) is 0 Å². The molecule has 17 heavy (non-hydrogen) atoms. The molecular weight excluding hydrogens is 242 g/mol. The van der Waals surface area contributed by atoms with Crippen LogP contribution in [0.3, 0.4) is 0 Å². The molecule has 0 aromatic carbocycles. The Kier molecular flexibility index (Phi) is 3.39. The quantitative estimate of drug-likeness (QED) is 0.614. The van der Waals surface area contributed by atoms with Gasteiger partial charge in [-0.3, -0.25) is 4.79 Å². The van der Waals surface area contributed by atoms with E-state index in [0.717, 1.165) is 12.8 Å². The number of methoxy groups -OCH3 is 1. The van der Waals surface area contributed by atoms with Crippen molar-refractivity contribution in [2.45, 2.75) is 30.5 Å². The third-order valence-electron chi connectivity index (χ3n) is 2.81. The number of carbonyl (C=O) groups excluding carboxylic acids is 1. The van der Waals surface area contributed by atoms with Gasteiger partial charge in [0.1, 0.15) is 5.54 Å². The highest BCUT2D eigenvalue weighted by Gasteiger charge is 2.49. The summed E-state index contributed by atoms with van der Waals surface area (Å²) in [4.78, 5) is 11.7. The van der Waals surface area contributed by atoms with Gasteiger partial charge in [0.25, 0.3) is 5.22 Å². The molecule has 0 spiro atoms. The van der Waals surface area contributed by atoms with E-state index in [2.05, 4.69) is 10.2 Å². The topological polar surface area (TPSA) is 91.2 Å². The SMILES string of the molecule is COC(=O)C(N)(CSc1nnc(C)o1)C1CC1. The van der Waals surface area contributed by atoms with Gasteiger partial charge < -0.3 is 14.9 Å². The summed E-state index contributed by atoms with van der Waals surface area (Å²) in [7, 11) is 1.35. The molecule has 1 aliphatic carbocycles. The van der Waals surface area contributed by atoms with Crippen molar-refractivity contribution in [2.24, 2.45) is 11.7 Å². The van der Waals surface area contributed by atoms with Gasteiger partial charge in [0, 0.05) is 12.7 Å². The van der Waals surface area contributed by atoms with Crippen molar-refractivity contribution in [3.8, 4) is 0 Å². The lowest BCUT2D eigenvalue weighted by molar-refractivity contribution is -0.146. The van der Waals surface area contributed by atoms with Crippen molar-refractivity contribution in [1.29, 1.82) is 0 Å². The smallest absolute Gasteiger partial charge is 0.327 e. The van der Waals surface area contributed by atoms with Crippen LogP contribution in [0, 0.1) is 12.8 Å². The summed E-state index contributed by atoms with van der Waals surface area (Å²) in [5.74, 6) is 0.723. The van der Waals surface area contributed by atoms with E-state index >= 15 is 0 Å². The monoisotopic (exact) mass is 257 g/mol. The van der Waals surface area contributed by atoms with E-state index in [1.165, 1.54) is 18.9 Å².